The Hall–Kier alpha value is -5.23. The molecule has 6 aromatic rings. The van der Waals surface area contributed by atoms with E-state index in [1.807, 2.05) is 31.2 Å². The molecule has 12 heteroatoms. The second-order valence-electron chi connectivity index (χ2n) is 12.0. The minimum Gasteiger partial charge on any atom is -0.497 e. The van der Waals surface area contributed by atoms with Crippen LogP contribution in [0.1, 0.15) is 35.2 Å². The minimum atomic E-state index is -4.27. The van der Waals surface area contributed by atoms with Gasteiger partial charge < -0.3 is 14.8 Å². The molecule has 0 bridgehead atoms. The van der Waals surface area contributed by atoms with Crippen LogP contribution in [0.4, 0.5) is 10.1 Å². The molecule has 0 radical (unpaired) electrons. The summed E-state index contributed by atoms with van der Waals surface area (Å²) < 4.78 is 57.3. The van der Waals surface area contributed by atoms with Crippen LogP contribution >= 0.6 is 11.6 Å². The van der Waals surface area contributed by atoms with Gasteiger partial charge in [0.25, 0.3) is 0 Å². The Balaban J connectivity index is 1.46. The number of ether oxygens (including phenoxy) is 2. The van der Waals surface area contributed by atoms with E-state index >= 15 is 0 Å². The number of benzene rings is 5. The average Bonchev–Trinajstić information content (AvgIpc) is 3.56. The van der Waals surface area contributed by atoms with E-state index in [9.17, 15) is 17.6 Å². The zero-order valence-corrected chi connectivity index (χ0v) is 29.8. The van der Waals surface area contributed by atoms with Gasteiger partial charge in [0.15, 0.2) is 0 Å². The highest BCUT2D eigenvalue weighted by Gasteiger charge is 2.30. The molecule has 262 valence electrons. The van der Waals surface area contributed by atoms with Crippen molar-refractivity contribution in [2.45, 2.75) is 37.4 Å². The van der Waals surface area contributed by atoms with Crippen molar-refractivity contribution >= 4 is 44.1 Å². The number of halogens is 2. The number of fused-ring (bicyclic) bond motifs is 1. The molecule has 0 saturated carbocycles. The normalized spacial score (nSPS) is 12.2. The first kappa shape index (κ1) is 35.6. The third-order valence-electron chi connectivity index (χ3n) is 8.64. The van der Waals surface area contributed by atoms with Gasteiger partial charge in [0.2, 0.25) is 15.9 Å². The highest BCUT2D eigenvalue weighted by molar-refractivity contribution is 7.89. The number of hydrogen-bond donors (Lipinski definition) is 1. The van der Waals surface area contributed by atoms with E-state index in [-0.39, 0.29) is 41.8 Å². The van der Waals surface area contributed by atoms with Crippen molar-refractivity contribution < 1.29 is 27.1 Å². The maximum Gasteiger partial charge on any atom is 0.244 e. The van der Waals surface area contributed by atoms with Crippen molar-refractivity contribution in [1.82, 2.24) is 14.1 Å². The largest absolute Gasteiger partial charge is 0.497 e. The third-order valence-corrected chi connectivity index (χ3v) is 10.8. The molecule has 0 aliphatic rings. The Labute approximate surface area is 301 Å². The van der Waals surface area contributed by atoms with Crippen molar-refractivity contribution in [2.24, 2.45) is 0 Å². The summed E-state index contributed by atoms with van der Waals surface area (Å²) in [5, 5.41) is 8.32. The van der Waals surface area contributed by atoms with Crippen LogP contribution in [0.5, 0.6) is 11.5 Å². The van der Waals surface area contributed by atoms with Gasteiger partial charge in [0, 0.05) is 29.2 Å². The van der Waals surface area contributed by atoms with E-state index in [0.29, 0.717) is 33.0 Å². The summed E-state index contributed by atoms with van der Waals surface area (Å²) in [5.41, 5.74) is 3.61. The fourth-order valence-electron chi connectivity index (χ4n) is 5.84. The van der Waals surface area contributed by atoms with E-state index in [4.69, 9.17) is 21.1 Å². The molecule has 1 heterocycles. The van der Waals surface area contributed by atoms with Crippen molar-refractivity contribution in [3.63, 3.8) is 0 Å². The van der Waals surface area contributed by atoms with E-state index in [1.165, 1.54) is 28.7 Å². The Morgan fingerprint density at radius 1 is 0.882 bits per heavy atom. The second-order valence-corrected chi connectivity index (χ2v) is 14.3. The molecule has 1 N–H and O–H groups in total. The fraction of sp³-hybridized carbons (Fsp3) is 0.179. The first-order chi connectivity index (χ1) is 24.5. The summed E-state index contributed by atoms with van der Waals surface area (Å²) in [6.07, 6.45) is 1.49. The van der Waals surface area contributed by atoms with Gasteiger partial charge >= 0.3 is 0 Å². The molecule has 9 nitrogen and oxygen atoms in total. The number of carbonyl (C=O) groups excluding carboxylic acids is 1. The fourth-order valence-corrected chi connectivity index (χ4v) is 7.67. The third kappa shape index (κ3) is 8.06. The lowest BCUT2D eigenvalue weighted by atomic mass is 10.1. The molecular formula is C39H36ClFN4O5S. The van der Waals surface area contributed by atoms with Crippen molar-refractivity contribution in [2.75, 3.05) is 19.5 Å². The van der Waals surface area contributed by atoms with Crippen LogP contribution in [0.3, 0.4) is 0 Å². The van der Waals surface area contributed by atoms with Gasteiger partial charge in [0.1, 0.15) is 17.3 Å². The van der Waals surface area contributed by atoms with Crippen LogP contribution in [-0.4, -0.2) is 42.6 Å². The predicted octanol–water partition coefficient (Wildman–Crippen LogP) is 8.03. The van der Waals surface area contributed by atoms with Gasteiger partial charge in [-0.1, -0.05) is 66.2 Å². The van der Waals surface area contributed by atoms with Crippen LogP contribution in [0, 0.1) is 5.82 Å². The minimum absolute atomic E-state index is 0.0217. The number of rotatable bonds is 13. The smallest absolute Gasteiger partial charge is 0.244 e. The van der Waals surface area contributed by atoms with Gasteiger partial charge in [0.05, 0.1) is 43.3 Å². The van der Waals surface area contributed by atoms with E-state index in [2.05, 4.69) is 10.4 Å². The molecule has 5 aromatic carbocycles. The molecule has 1 unspecified atom stereocenters. The molecular weight excluding hydrogens is 691 g/mol. The second kappa shape index (κ2) is 15.3. The topological polar surface area (TPSA) is 103 Å². The lowest BCUT2D eigenvalue weighted by Gasteiger charge is -2.24. The van der Waals surface area contributed by atoms with Gasteiger partial charge in [-0.05, 0) is 83.8 Å². The van der Waals surface area contributed by atoms with Crippen molar-refractivity contribution in [3.05, 3.63) is 148 Å². The van der Waals surface area contributed by atoms with Crippen LogP contribution < -0.4 is 14.8 Å². The van der Waals surface area contributed by atoms with Crippen LogP contribution in [0.15, 0.2) is 120 Å². The molecule has 1 aromatic heterocycles. The predicted molar refractivity (Wildman–Crippen MR) is 196 cm³/mol. The molecule has 0 spiro atoms. The Morgan fingerprint density at radius 3 is 2.04 bits per heavy atom. The summed E-state index contributed by atoms with van der Waals surface area (Å²) in [7, 11) is -1.13. The van der Waals surface area contributed by atoms with Gasteiger partial charge in [-0.25, -0.2) is 12.8 Å². The first-order valence-corrected chi connectivity index (χ1v) is 17.9. The number of aromatic nitrogens is 2. The summed E-state index contributed by atoms with van der Waals surface area (Å²) >= 11 is 6.33. The number of nitrogens with zero attached hydrogens (tertiary/aromatic N) is 3. The quantitative estimate of drug-likeness (QED) is 0.129. The summed E-state index contributed by atoms with van der Waals surface area (Å²) in [5.74, 6) is 0.541. The number of hydrogen-bond acceptors (Lipinski definition) is 6. The molecule has 51 heavy (non-hydrogen) atoms. The number of nitrogens with one attached hydrogen (secondary N) is 1. The SMILES string of the molecule is COc1ccc(CN(Cc2ccc(OC)cc2)S(=O)(=O)c2cc(NC(=O)Cc3ccccc3Cl)cc3c2cnn3C(C)c2ccc(F)cc2)cc1. The molecule has 0 saturated heterocycles. The Bertz CT molecular complexity index is 2210. The number of sulfonamides is 1. The standard InChI is InChI=1S/C39H36ClFN4O5S/c1-26(29-12-14-31(41)15-13-29)45-37-21-32(43-39(46)20-30-6-4-5-7-36(30)40)22-38(35(37)23-42-45)51(47,48)44(24-27-8-16-33(49-2)17-9-27)25-28-10-18-34(50-3)19-11-28/h4-19,21-23,26H,20,24-25H2,1-3H3,(H,43,46). The summed E-state index contributed by atoms with van der Waals surface area (Å²) in [6, 6.07) is 30.2. The van der Waals surface area contributed by atoms with Crippen LogP contribution in [0.2, 0.25) is 5.02 Å². The monoisotopic (exact) mass is 726 g/mol. The molecule has 0 aliphatic heterocycles. The zero-order chi connectivity index (χ0) is 36.1. The molecule has 0 fully saturated rings. The van der Waals surface area contributed by atoms with Crippen molar-refractivity contribution in [1.29, 1.82) is 0 Å². The first-order valence-electron chi connectivity index (χ1n) is 16.1. The number of carbonyl (C=O) groups is 1. The Kier molecular flexibility index (Phi) is 10.7. The highest BCUT2D eigenvalue weighted by Crippen LogP contribution is 2.34. The molecule has 0 aliphatic carbocycles. The van der Waals surface area contributed by atoms with E-state index in [0.717, 1.165) is 16.7 Å². The number of anilines is 1. The average molecular weight is 727 g/mol. The van der Waals surface area contributed by atoms with E-state index < -0.39 is 16.1 Å². The van der Waals surface area contributed by atoms with Crippen molar-refractivity contribution in [3.8, 4) is 11.5 Å². The summed E-state index contributed by atoms with van der Waals surface area (Å²) in [6.45, 7) is 1.97. The van der Waals surface area contributed by atoms with E-state index in [1.54, 1.807) is 85.6 Å². The highest BCUT2D eigenvalue weighted by atomic mass is 35.5. The lowest BCUT2D eigenvalue weighted by Crippen LogP contribution is -2.30. The zero-order valence-electron chi connectivity index (χ0n) is 28.2. The molecule has 6 rings (SSSR count). The van der Waals surface area contributed by atoms with Crippen LogP contribution in [0.25, 0.3) is 10.9 Å². The Morgan fingerprint density at radius 2 is 1.47 bits per heavy atom. The molecule has 1 atom stereocenters. The van der Waals surface area contributed by atoms with Gasteiger partial charge in [-0.3, -0.25) is 9.48 Å². The maximum atomic E-state index is 14.9. The maximum absolute atomic E-state index is 14.9. The molecule has 1 amide bonds. The van der Waals surface area contributed by atoms with Gasteiger partial charge in [-0.2, -0.15) is 9.40 Å². The number of methoxy groups -OCH3 is 2. The van der Waals surface area contributed by atoms with Gasteiger partial charge in [-0.15, -0.1) is 0 Å². The number of amides is 1. The lowest BCUT2D eigenvalue weighted by molar-refractivity contribution is -0.115. The van der Waals surface area contributed by atoms with Crippen LogP contribution in [-0.2, 0) is 34.3 Å². The summed E-state index contributed by atoms with van der Waals surface area (Å²) in [4.78, 5) is 13.3.